The predicted octanol–water partition coefficient (Wildman–Crippen LogP) is 1.73. The number of carbonyl (C=O) groups excluding carboxylic acids is 1. The molecule has 1 aromatic heterocycles. The second-order valence-electron chi connectivity index (χ2n) is 7.63. The van der Waals surface area contributed by atoms with E-state index in [0.29, 0.717) is 31.0 Å². The van der Waals surface area contributed by atoms with Gasteiger partial charge in [0.2, 0.25) is 10.0 Å². The first-order valence-corrected chi connectivity index (χ1v) is 12.5. The maximum absolute atomic E-state index is 13.2. The Morgan fingerprint density at radius 1 is 1.39 bits per heavy atom. The molecule has 1 fully saturated rings. The number of amides is 1. The summed E-state index contributed by atoms with van der Waals surface area (Å²) in [6.45, 7) is 4.09. The first kappa shape index (κ1) is 25.2. The number of anilines is 1. The van der Waals surface area contributed by atoms with Crippen molar-refractivity contribution in [2.24, 2.45) is 11.1 Å². The van der Waals surface area contributed by atoms with Gasteiger partial charge in [-0.3, -0.25) is 10.1 Å². The fourth-order valence-corrected chi connectivity index (χ4v) is 4.78. The third-order valence-electron chi connectivity index (χ3n) is 4.84. The monoisotopic (exact) mass is 500 g/mol. The number of nitrogens with zero attached hydrogens (tertiary/aromatic N) is 2. The minimum atomic E-state index is -3.90. The molecule has 10 nitrogen and oxygen atoms in total. The number of nitrogens with one attached hydrogen (secondary N) is 2. The first-order chi connectivity index (χ1) is 15.7. The fraction of sp³-hybridized carbons (Fsp3) is 0.450. The lowest BCUT2D eigenvalue weighted by molar-refractivity contribution is -0.110. The van der Waals surface area contributed by atoms with Crippen LogP contribution in [0.4, 0.5) is 9.52 Å². The third kappa shape index (κ3) is 6.77. The molecule has 2 heterocycles. The molecule has 13 heteroatoms. The average molecular weight is 501 g/mol. The quantitative estimate of drug-likeness (QED) is 0.333. The molecule has 0 aliphatic carbocycles. The predicted molar refractivity (Wildman–Crippen MR) is 120 cm³/mol. The lowest BCUT2D eigenvalue weighted by Crippen LogP contribution is -2.41. The molecule has 3 rings (SSSR count). The molecule has 1 aromatic carbocycles. The Kier molecular flexibility index (Phi) is 8.48. The van der Waals surface area contributed by atoms with Crippen LogP contribution in [0, 0.1) is 11.0 Å². The number of aliphatic hydroxyl groups is 1. The van der Waals surface area contributed by atoms with Crippen molar-refractivity contribution < 1.29 is 32.3 Å². The van der Waals surface area contributed by atoms with E-state index in [0.717, 1.165) is 6.20 Å². The maximum atomic E-state index is 13.2. The topological polar surface area (TPSA) is 139 Å². The van der Waals surface area contributed by atoms with Gasteiger partial charge in [-0.25, -0.2) is 18.1 Å². The van der Waals surface area contributed by atoms with Gasteiger partial charge in [0.05, 0.1) is 30.9 Å². The summed E-state index contributed by atoms with van der Waals surface area (Å²) < 4.78 is 46.2. The summed E-state index contributed by atoms with van der Waals surface area (Å²) >= 11 is 0.654. The number of benzene rings is 1. The molecular formula is C20H25FN4O6S2. The van der Waals surface area contributed by atoms with Crippen molar-refractivity contribution in [3.63, 3.8) is 0 Å². The van der Waals surface area contributed by atoms with Gasteiger partial charge in [-0.15, -0.1) is 0 Å². The molecule has 0 bridgehead atoms. The number of rotatable bonds is 10. The molecule has 2 aromatic rings. The maximum Gasteiger partial charge on any atom is 0.280 e. The zero-order valence-corrected chi connectivity index (χ0v) is 19.7. The number of sulfonamides is 1. The average Bonchev–Trinajstić information content (AvgIpc) is 3.44. The molecule has 33 heavy (non-hydrogen) atoms. The van der Waals surface area contributed by atoms with E-state index < -0.39 is 27.1 Å². The van der Waals surface area contributed by atoms with E-state index in [9.17, 15) is 22.7 Å². The SMILES string of the molecule is CC(C)[C@@H](CO)NS(=O)(=O)c1ccc(/C(=N\O[C@@H]2CCOC2)C(=O)Nc2ncc(F)s2)cc1. The standard InChI is InChI=1S/C20H25FN4O6S2/c1-12(2)16(10-26)25-33(28,29)15-5-3-13(4-6-15)18(24-31-14-7-8-30-11-14)19(27)23-20-22-9-17(21)32-20/h3-6,9,12,14,16,25-26H,7-8,10-11H2,1-2H3,(H,22,23,27)/b24-18+/t14-,16-/m1/s1. The molecule has 2 atom stereocenters. The van der Waals surface area contributed by atoms with E-state index in [1.165, 1.54) is 24.3 Å². The molecule has 0 unspecified atom stereocenters. The number of thiazole rings is 1. The van der Waals surface area contributed by atoms with Gasteiger partial charge in [0, 0.05) is 18.0 Å². The fourth-order valence-electron chi connectivity index (χ4n) is 2.86. The van der Waals surface area contributed by atoms with Gasteiger partial charge in [0.1, 0.15) is 0 Å². The van der Waals surface area contributed by atoms with Crippen molar-refractivity contribution in [3.8, 4) is 0 Å². The lowest BCUT2D eigenvalue weighted by atomic mass is 10.1. The highest BCUT2D eigenvalue weighted by Crippen LogP contribution is 2.18. The van der Waals surface area contributed by atoms with Gasteiger partial charge in [0.25, 0.3) is 5.91 Å². The summed E-state index contributed by atoms with van der Waals surface area (Å²) in [6, 6.07) is 4.81. The van der Waals surface area contributed by atoms with Crippen molar-refractivity contribution in [2.45, 2.75) is 37.3 Å². The van der Waals surface area contributed by atoms with Crippen molar-refractivity contribution in [1.29, 1.82) is 0 Å². The van der Waals surface area contributed by atoms with Crippen LogP contribution < -0.4 is 10.0 Å². The summed E-state index contributed by atoms with van der Waals surface area (Å²) in [5.41, 5.74) is 0.148. The van der Waals surface area contributed by atoms with Crippen molar-refractivity contribution in [3.05, 3.63) is 41.2 Å². The molecule has 1 aliphatic heterocycles. The summed E-state index contributed by atoms with van der Waals surface area (Å²) in [6.07, 6.45) is 1.27. The number of carbonyl (C=O) groups is 1. The van der Waals surface area contributed by atoms with E-state index in [4.69, 9.17) is 9.57 Å². The summed E-state index contributed by atoms with van der Waals surface area (Å²) in [4.78, 5) is 21.9. The highest BCUT2D eigenvalue weighted by Gasteiger charge is 2.24. The van der Waals surface area contributed by atoms with Crippen LogP contribution in [-0.2, 0) is 24.4 Å². The Labute approximate surface area is 194 Å². The van der Waals surface area contributed by atoms with Crippen LogP contribution >= 0.6 is 11.3 Å². The number of aliphatic hydroxyl groups excluding tert-OH is 1. The minimum Gasteiger partial charge on any atom is -0.395 e. The first-order valence-electron chi connectivity index (χ1n) is 10.2. The Balaban J connectivity index is 1.83. The zero-order valence-electron chi connectivity index (χ0n) is 18.0. The van der Waals surface area contributed by atoms with Gasteiger partial charge in [-0.05, 0) is 18.1 Å². The highest BCUT2D eigenvalue weighted by atomic mass is 32.2. The van der Waals surface area contributed by atoms with Crippen LogP contribution in [0.1, 0.15) is 25.8 Å². The zero-order chi connectivity index (χ0) is 24.0. The van der Waals surface area contributed by atoms with Crippen LogP contribution in [0.5, 0.6) is 0 Å². The van der Waals surface area contributed by atoms with E-state index >= 15 is 0 Å². The van der Waals surface area contributed by atoms with E-state index in [2.05, 4.69) is 20.2 Å². The van der Waals surface area contributed by atoms with E-state index in [1.54, 1.807) is 13.8 Å². The van der Waals surface area contributed by atoms with E-state index in [-0.39, 0.29) is 39.9 Å². The van der Waals surface area contributed by atoms with Crippen molar-refractivity contribution in [2.75, 3.05) is 25.1 Å². The number of aromatic nitrogens is 1. The van der Waals surface area contributed by atoms with Gasteiger partial charge in [-0.1, -0.05) is 42.5 Å². The number of hydrogen-bond acceptors (Lipinski definition) is 9. The van der Waals surface area contributed by atoms with Crippen LogP contribution in [0.25, 0.3) is 0 Å². The van der Waals surface area contributed by atoms with Crippen molar-refractivity contribution >= 4 is 38.1 Å². The molecule has 0 saturated carbocycles. The van der Waals surface area contributed by atoms with Gasteiger partial charge < -0.3 is 14.7 Å². The molecule has 1 amide bonds. The Hall–Kier alpha value is -2.45. The minimum absolute atomic E-state index is 0.0431. The van der Waals surface area contributed by atoms with Crippen LogP contribution in [0.2, 0.25) is 0 Å². The molecular weight excluding hydrogens is 475 g/mol. The van der Waals surface area contributed by atoms with Crippen molar-refractivity contribution in [1.82, 2.24) is 9.71 Å². The molecule has 3 N–H and O–H groups in total. The van der Waals surface area contributed by atoms with Crippen LogP contribution in [0.15, 0.2) is 40.5 Å². The Morgan fingerprint density at radius 2 is 2.12 bits per heavy atom. The Bertz CT molecular complexity index is 1080. The largest absolute Gasteiger partial charge is 0.395 e. The van der Waals surface area contributed by atoms with Gasteiger partial charge >= 0.3 is 0 Å². The number of oxime groups is 1. The van der Waals surface area contributed by atoms with Crippen LogP contribution in [0.3, 0.4) is 0 Å². The molecule has 1 saturated heterocycles. The second kappa shape index (κ2) is 11.1. The van der Waals surface area contributed by atoms with Gasteiger partial charge in [0.15, 0.2) is 22.1 Å². The number of halogens is 1. The second-order valence-corrected chi connectivity index (χ2v) is 10.3. The molecule has 1 aliphatic rings. The third-order valence-corrected chi connectivity index (χ3v) is 7.05. The highest BCUT2D eigenvalue weighted by molar-refractivity contribution is 7.89. The summed E-state index contributed by atoms with van der Waals surface area (Å²) in [5.74, 6) is -0.809. The van der Waals surface area contributed by atoms with Gasteiger partial charge in [-0.2, -0.15) is 4.39 Å². The Morgan fingerprint density at radius 3 is 2.67 bits per heavy atom. The lowest BCUT2D eigenvalue weighted by Gasteiger charge is -2.20. The smallest absolute Gasteiger partial charge is 0.280 e. The number of ether oxygens (including phenoxy) is 1. The molecule has 0 spiro atoms. The number of hydrogen-bond donors (Lipinski definition) is 3. The summed E-state index contributed by atoms with van der Waals surface area (Å²) in [7, 11) is -3.90. The molecule has 0 radical (unpaired) electrons. The molecule has 180 valence electrons. The normalized spacial score (nSPS) is 17.8. The van der Waals surface area contributed by atoms with Crippen LogP contribution in [-0.4, -0.2) is 62.1 Å². The summed E-state index contributed by atoms with van der Waals surface area (Å²) in [5, 5.41) is 15.3. The van der Waals surface area contributed by atoms with E-state index in [1.807, 2.05) is 0 Å².